The summed E-state index contributed by atoms with van der Waals surface area (Å²) in [6.45, 7) is 10.2. The first-order valence-electron chi connectivity index (χ1n) is 5.39. The Morgan fingerprint density at radius 2 is 1.79 bits per heavy atom. The Morgan fingerprint density at radius 1 is 1.36 bits per heavy atom. The summed E-state index contributed by atoms with van der Waals surface area (Å²) in [5, 5.41) is 10.3. The van der Waals surface area contributed by atoms with Gasteiger partial charge in [0.05, 0.1) is 19.5 Å². The molecule has 0 aromatic heterocycles. The maximum atomic E-state index is 10.3. The minimum atomic E-state index is -1.57. The Balaban J connectivity index is 4.92. The average molecular weight is 213 g/mol. The highest BCUT2D eigenvalue weighted by atomic mass is 28.3. The molecular formula is C11H23NOSi. The van der Waals surface area contributed by atoms with Crippen molar-refractivity contribution >= 4 is 13.8 Å². The van der Waals surface area contributed by atoms with Crippen molar-refractivity contribution in [1.82, 2.24) is 0 Å². The zero-order valence-corrected chi connectivity index (χ0v) is 10.9. The first kappa shape index (κ1) is 13.6. The van der Waals surface area contributed by atoms with Crippen molar-refractivity contribution in [1.29, 1.82) is 0 Å². The SMILES string of the molecule is C=CC(=NC)C(O)[Si](CC)(CC)CC. The second-order valence-corrected chi connectivity index (χ2v) is 9.07. The van der Waals surface area contributed by atoms with E-state index in [1.54, 1.807) is 13.1 Å². The molecular weight excluding hydrogens is 190 g/mol. The van der Waals surface area contributed by atoms with Gasteiger partial charge in [-0.15, -0.1) is 0 Å². The van der Waals surface area contributed by atoms with E-state index < -0.39 is 8.07 Å². The molecule has 1 N–H and O–H groups in total. The first-order valence-corrected chi connectivity index (χ1v) is 8.08. The fourth-order valence-electron chi connectivity index (χ4n) is 1.97. The summed E-state index contributed by atoms with van der Waals surface area (Å²) in [5.74, 6) is 0. The highest BCUT2D eigenvalue weighted by Crippen LogP contribution is 2.25. The summed E-state index contributed by atoms with van der Waals surface area (Å²) < 4.78 is 0. The third-order valence-electron chi connectivity index (χ3n) is 3.44. The van der Waals surface area contributed by atoms with E-state index in [1.165, 1.54) is 0 Å². The molecule has 0 aliphatic carbocycles. The van der Waals surface area contributed by atoms with Crippen LogP contribution in [0.15, 0.2) is 17.6 Å². The summed E-state index contributed by atoms with van der Waals surface area (Å²) in [6, 6.07) is 3.32. The number of hydrogen-bond acceptors (Lipinski definition) is 2. The lowest BCUT2D eigenvalue weighted by Gasteiger charge is -2.33. The molecule has 0 aliphatic rings. The average Bonchev–Trinajstić information content (AvgIpc) is 2.23. The zero-order valence-electron chi connectivity index (χ0n) is 9.88. The minimum Gasteiger partial charge on any atom is -0.390 e. The van der Waals surface area contributed by atoms with E-state index in [0.717, 1.165) is 23.8 Å². The molecule has 1 unspecified atom stereocenters. The van der Waals surface area contributed by atoms with Crippen molar-refractivity contribution in [3.8, 4) is 0 Å². The summed E-state index contributed by atoms with van der Waals surface area (Å²) in [6.07, 6.45) is 1.69. The summed E-state index contributed by atoms with van der Waals surface area (Å²) in [4.78, 5) is 4.10. The molecule has 0 saturated heterocycles. The van der Waals surface area contributed by atoms with Gasteiger partial charge in [0.15, 0.2) is 0 Å². The Kier molecular flexibility index (Phi) is 5.96. The van der Waals surface area contributed by atoms with E-state index in [-0.39, 0.29) is 5.73 Å². The fraction of sp³-hybridized carbons (Fsp3) is 0.727. The number of aliphatic imine (C=N–C) groups is 1. The predicted octanol–water partition coefficient (Wildman–Crippen LogP) is 2.65. The molecule has 0 aromatic carbocycles. The van der Waals surface area contributed by atoms with Crippen LogP contribution in [0.25, 0.3) is 0 Å². The van der Waals surface area contributed by atoms with Crippen molar-refractivity contribution in [3.63, 3.8) is 0 Å². The molecule has 0 radical (unpaired) electrons. The van der Waals surface area contributed by atoms with Crippen molar-refractivity contribution in [2.45, 2.75) is 44.6 Å². The molecule has 14 heavy (non-hydrogen) atoms. The Bertz CT molecular complexity index is 201. The molecule has 3 heteroatoms. The van der Waals surface area contributed by atoms with Gasteiger partial charge in [0.2, 0.25) is 0 Å². The molecule has 0 aromatic rings. The largest absolute Gasteiger partial charge is 0.390 e. The van der Waals surface area contributed by atoms with E-state index >= 15 is 0 Å². The van der Waals surface area contributed by atoms with Crippen molar-refractivity contribution in [3.05, 3.63) is 12.7 Å². The molecule has 0 amide bonds. The van der Waals surface area contributed by atoms with Gasteiger partial charge in [0, 0.05) is 7.05 Å². The van der Waals surface area contributed by atoms with Gasteiger partial charge in [-0.3, -0.25) is 4.99 Å². The predicted molar refractivity (Wildman–Crippen MR) is 66.8 cm³/mol. The second kappa shape index (κ2) is 6.14. The summed E-state index contributed by atoms with van der Waals surface area (Å²) >= 11 is 0. The van der Waals surface area contributed by atoms with Gasteiger partial charge in [-0.2, -0.15) is 0 Å². The quantitative estimate of drug-likeness (QED) is 0.534. The van der Waals surface area contributed by atoms with Crippen LogP contribution in [0, 0.1) is 0 Å². The number of aliphatic hydroxyl groups is 1. The topological polar surface area (TPSA) is 32.6 Å². The highest BCUT2D eigenvalue weighted by Gasteiger charge is 2.37. The van der Waals surface area contributed by atoms with Crippen LogP contribution in [-0.2, 0) is 0 Å². The van der Waals surface area contributed by atoms with Gasteiger partial charge in [0.1, 0.15) is 0 Å². The van der Waals surface area contributed by atoms with Crippen LogP contribution in [0.1, 0.15) is 20.8 Å². The van der Waals surface area contributed by atoms with Crippen LogP contribution in [0.4, 0.5) is 0 Å². The Labute approximate surface area is 88.8 Å². The van der Waals surface area contributed by atoms with Gasteiger partial charge in [0.25, 0.3) is 0 Å². The maximum absolute atomic E-state index is 10.3. The van der Waals surface area contributed by atoms with Crippen molar-refractivity contribution in [2.75, 3.05) is 7.05 Å². The van der Waals surface area contributed by atoms with Gasteiger partial charge >= 0.3 is 0 Å². The van der Waals surface area contributed by atoms with Crippen LogP contribution in [-0.4, -0.2) is 31.7 Å². The molecule has 0 bridgehead atoms. The van der Waals surface area contributed by atoms with Gasteiger partial charge in [-0.1, -0.05) is 45.5 Å². The van der Waals surface area contributed by atoms with E-state index in [4.69, 9.17) is 0 Å². The van der Waals surface area contributed by atoms with Crippen molar-refractivity contribution < 1.29 is 5.11 Å². The molecule has 82 valence electrons. The Hall–Kier alpha value is -0.413. The molecule has 0 rings (SSSR count). The number of nitrogens with zero attached hydrogens (tertiary/aromatic N) is 1. The molecule has 1 atom stereocenters. The third-order valence-corrected chi connectivity index (χ3v) is 9.12. The van der Waals surface area contributed by atoms with Gasteiger partial charge < -0.3 is 5.11 Å². The molecule has 0 heterocycles. The second-order valence-electron chi connectivity index (χ2n) is 3.68. The van der Waals surface area contributed by atoms with E-state index in [2.05, 4.69) is 32.3 Å². The lowest BCUT2D eigenvalue weighted by atomic mass is 10.4. The van der Waals surface area contributed by atoms with E-state index in [1.807, 2.05) is 0 Å². The third kappa shape index (κ3) is 2.55. The first-order chi connectivity index (χ1) is 6.61. The smallest absolute Gasteiger partial charge is 0.0942 e. The van der Waals surface area contributed by atoms with Gasteiger partial charge in [-0.25, -0.2) is 0 Å². The molecule has 0 saturated carbocycles. The normalized spacial score (nSPS) is 15.4. The highest BCUT2D eigenvalue weighted by molar-refractivity contribution is 6.83. The lowest BCUT2D eigenvalue weighted by molar-refractivity contribution is 0.305. The maximum Gasteiger partial charge on any atom is 0.0942 e. The van der Waals surface area contributed by atoms with Crippen molar-refractivity contribution in [2.24, 2.45) is 4.99 Å². The number of hydrogen-bond donors (Lipinski definition) is 1. The van der Waals surface area contributed by atoms with Gasteiger partial charge in [-0.05, 0) is 6.08 Å². The summed E-state index contributed by atoms with van der Waals surface area (Å²) in [5.41, 5.74) is 0.423. The Morgan fingerprint density at radius 3 is 2.00 bits per heavy atom. The number of aliphatic hydroxyl groups excluding tert-OH is 1. The summed E-state index contributed by atoms with van der Waals surface area (Å²) in [7, 11) is 0.150. The van der Waals surface area contributed by atoms with Crippen LogP contribution < -0.4 is 0 Å². The fourth-order valence-corrected chi connectivity index (χ4v) is 5.50. The minimum absolute atomic E-state index is 0.343. The molecule has 0 fully saturated rings. The number of rotatable bonds is 6. The van der Waals surface area contributed by atoms with E-state index in [9.17, 15) is 5.11 Å². The molecule has 2 nitrogen and oxygen atoms in total. The molecule has 0 aliphatic heterocycles. The van der Waals surface area contributed by atoms with Crippen LogP contribution in [0.3, 0.4) is 0 Å². The monoisotopic (exact) mass is 213 g/mol. The standard InChI is InChI=1S/C11H23NOSi/c1-6-10(12-5)11(13)14(7-2,8-3)9-4/h6,11,13H,1,7-9H2,2-5H3. The zero-order chi connectivity index (χ0) is 11.2. The van der Waals surface area contributed by atoms with Crippen LogP contribution in [0.5, 0.6) is 0 Å². The lowest BCUT2D eigenvalue weighted by Crippen LogP contribution is -2.49. The van der Waals surface area contributed by atoms with Crippen LogP contribution in [0.2, 0.25) is 18.1 Å². The van der Waals surface area contributed by atoms with Crippen LogP contribution >= 0.6 is 0 Å². The molecule has 0 spiro atoms. The van der Waals surface area contributed by atoms with E-state index in [0.29, 0.717) is 0 Å².